The van der Waals surface area contributed by atoms with Gasteiger partial charge >= 0.3 is 0 Å². The molecule has 0 aromatic carbocycles. The molecule has 1 aromatic heterocycles. The summed E-state index contributed by atoms with van der Waals surface area (Å²) in [5.41, 5.74) is 0. The Kier molecular flexibility index (Phi) is 4.04. The third-order valence-electron chi connectivity index (χ3n) is 3.93. The Morgan fingerprint density at radius 2 is 2.28 bits per heavy atom. The Morgan fingerprint density at radius 1 is 1.50 bits per heavy atom. The first-order chi connectivity index (χ1) is 8.61. The van der Waals surface area contributed by atoms with Crippen LogP contribution in [0.4, 0.5) is 0 Å². The van der Waals surface area contributed by atoms with Gasteiger partial charge in [-0.15, -0.1) is 0 Å². The van der Waals surface area contributed by atoms with Crippen LogP contribution in [0.5, 0.6) is 0 Å². The van der Waals surface area contributed by atoms with Crippen molar-refractivity contribution in [2.75, 3.05) is 6.54 Å². The Labute approximate surface area is 109 Å². The molecule has 1 saturated heterocycles. The molecule has 1 amide bonds. The van der Waals surface area contributed by atoms with Crippen molar-refractivity contribution in [2.24, 2.45) is 7.05 Å². The molecule has 0 saturated carbocycles. The van der Waals surface area contributed by atoms with Gasteiger partial charge in [-0.3, -0.25) is 4.79 Å². The Morgan fingerprint density at radius 3 is 2.78 bits per heavy atom. The topological polar surface area (TPSA) is 29.1 Å². The molecule has 0 spiro atoms. The fourth-order valence-corrected chi connectivity index (χ4v) is 2.82. The number of aromatic nitrogens is 2. The second-order valence-corrected chi connectivity index (χ2v) is 5.36. The third-order valence-corrected chi connectivity index (χ3v) is 3.93. The fourth-order valence-electron chi connectivity index (χ4n) is 2.82. The van der Waals surface area contributed by atoms with Crippen LogP contribution in [0.25, 0.3) is 0 Å². The minimum Gasteiger partial charge on any atom is -0.340 e. The molecule has 2 rings (SSSR count). The monoisotopic (exact) mass is 250 g/mol. The fraction of sp³-hybridized carbons (Fsp3) is 0.714. The molecule has 0 N–H and O–H groups in total. The maximum Gasteiger partial charge on any atom is 0.243 e. The molecular formula is C14H24N3O+. The van der Waals surface area contributed by atoms with Gasteiger partial charge in [-0.1, -0.05) is 6.92 Å². The molecule has 1 aromatic rings. The van der Waals surface area contributed by atoms with E-state index < -0.39 is 0 Å². The zero-order valence-electron chi connectivity index (χ0n) is 11.7. The number of likely N-dealkylation sites (tertiary alicyclic amines) is 1. The average molecular weight is 250 g/mol. The van der Waals surface area contributed by atoms with Gasteiger partial charge in [-0.05, 0) is 19.8 Å². The number of carbonyl (C=O) groups excluding carboxylic acids is 1. The number of amides is 1. The minimum atomic E-state index is 0.340. The van der Waals surface area contributed by atoms with Crippen LogP contribution >= 0.6 is 0 Å². The molecule has 1 aliphatic heterocycles. The van der Waals surface area contributed by atoms with Gasteiger partial charge in [0, 0.05) is 25.4 Å². The highest BCUT2D eigenvalue weighted by Crippen LogP contribution is 2.23. The number of nitrogens with zero attached hydrogens (tertiary/aromatic N) is 3. The van der Waals surface area contributed by atoms with Crippen molar-refractivity contribution in [1.29, 1.82) is 0 Å². The SMILES string of the molecule is CCC(CC(C)n1cc[n+](C)c1)N1CCCC1=O. The summed E-state index contributed by atoms with van der Waals surface area (Å²) in [5.74, 6) is 0.340. The molecule has 1 aliphatic rings. The molecule has 100 valence electrons. The van der Waals surface area contributed by atoms with E-state index >= 15 is 0 Å². The van der Waals surface area contributed by atoms with Crippen molar-refractivity contribution in [1.82, 2.24) is 9.47 Å². The zero-order valence-corrected chi connectivity index (χ0v) is 11.7. The van der Waals surface area contributed by atoms with Crippen LogP contribution in [0.15, 0.2) is 18.7 Å². The summed E-state index contributed by atoms with van der Waals surface area (Å²) in [6.45, 7) is 5.35. The lowest BCUT2D eigenvalue weighted by molar-refractivity contribution is -0.671. The van der Waals surface area contributed by atoms with Crippen LogP contribution in [0.2, 0.25) is 0 Å². The first-order valence-corrected chi connectivity index (χ1v) is 6.94. The predicted octanol–water partition coefficient (Wildman–Crippen LogP) is 1.66. The van der Waals surface area contributed by atoms with E-state index in [-0.39, 0.29) is 0 Å². The summed E-state index contributed by atoms with van der Waals surface area (Å²) < 4.78 is 4.28. The van der Waals surface area contributed by atoms with Gasteiger partial charge in [0.25, 0.3) is 0 Å². The normalized spacial score (nSPS) is 19.3. The lowest BCUT2D eigenvalue weighted by atomic mass is 10.0. The lowest BCUT2D eigenvalue weighted by Gasteiger charge is -2.28. The van der Waals surface area contributed by atoms with Crippen molar-refractivity contribution < 1.29 is 9.36 Å². The summed E-state index contributed by atoms with van der Waals surface area (Å²) >= 11 is 0. The van der Waals surface area contributed by atoms with Crippen LogP contribution in [-0.4, -0.2) is 28.0 Å². The molecule has 4 nitrogen and oxygen atoms in total. The molecule has 0 aliphatic carbocycles. The van der Waals surface area contributed by atoms with E-state index in [0.717, 1.165) is 32.2 Å². The van der Waals surface area contributed by atoms with E-state index in [1.807, 2.05) is 7.05 Å². The smallest absolute Gasteiger partial charge is 0.243 e. The highest BCUT2D eigenvalue weighted by atomic mass is 16.2. The van der Waals surface area contributed by atoms with Crippen molar-refractivity contribution in [3.8, 4) is 0 Å². The van der Waals surface area contributed by atoms with Crippen molar-refractivity contribution >= 4 is 5.91 Å². The summed E-state index contributed by atoms with van der Waals surface area (Å²) in [7, 11) is 2.03. The van der Waals surface area contributed by atoms with Gasteiger partial charge in [0.15, 0.2) is 0 Å². The van der Waals surface area contributed by atoms with E-state index in [1.165, 1.54) is 0 Å². The number of hydrogen-bond acceptors (Lipinski definition) is 1. The number of carbonyl (C=O) groups is 1. The Balaban J connectivity index is 1.99. The number of aryl methyl sites for hydroxylation is 1. The highest BCUT2D eigenvalue weighted by molar-refractivity contribution is 5.78. The first kappa shape index (κ1) is 13.1. The Bertz CT molecular complexity index is 413. The predicted molar refractivity (Wildman–Crippen MR) is 70.0 cm³/mol. The van der Waals surface area contributed by atoms with Crippen LogP contribution < -0.4 is 4.57 Å². The number of rotatable bonds is 5. The number of hydrogen-bond donors (Lipinski definition) is 0. The average Bonchev–Trinajstić information content (AvgIpc) is 2.95. The largest absolute Gasteiger partial charge is 0.340 e. The molecule has 18 heavy (non-hydrogen) atoms. The van der Waals surface area contributed by atoms with Gasteiger partial charge in [0.2, 0.25) is 12.2 Å². The third kappa shape index (κ3) is 2.74. The minimum absolute atomic E-state index is 0.340. The van der Waals surface area contributed by atoms with E-state index in [9.17, 15) is 4.79 Å². The standard InChI is InChI=1S/C14H24N3O/c1-4-13(17-7-5-6-14(17)18)10-12(2)16-9-8-15(3)11-16/h8-9,11-13H,4-7,10H2,1-3H3/q+1. The van der Waals surface area contributed by atoms with Crippen molar-refractivity contribution in [2.45, 2.75) is 51.6 Å². The van der Waals surface area contributed by atoms with Gasteiger partial charge in [-0.25, -0.2) is 9.13 Å². The molecule has 4 heteroatoms. The molecule has 2 heterocycles. The quantitative estimate of drug-likeness (QED) is 0.731. The Hall–Kier alpha value is -1.32. The molecular weight excluding hydrogens is 226 g/mol. The highest BCUT2D eigenvalue weighted by Gasteiger charge is 2.29. The molecule has 1 fully saturated rings. The van der Waals surface area contributed by atoms with Crippen LogP contribution in [-0.2, 0) is 11.8 Å². The molecule has 2 unspecified atom stereocenters. The maximum atomic E-state index is 11.8. The van der Waals surface area contributed by atoms with Gasteiger partial charge < -0.3 is 4.90 Å². The van der Waals surface area contributed by atoms with E-state index in [1.54, 1.807) is 0 Å². The maximum absolute atomic E-state index is 11.8. The second-order valence-electron chi connectivity index (χ2n) is 5.36. The van der Waals surface area contributed by atoms with E-state index in [4.69, 9.17) is 0 Å². The molecule has 0 radical (unpaired) electrons. The zero-order chi connectivity index (χ0) is 13.1. The van der Waals surface area contributed by atoms with Gasteiger partial charge in [-0.2, -0.15) is 0 Å². The second kappa shape index (κ2) is 5.55. The number of imidazole rings is 1. The summed E-state index contributed by atoms with van der Waals surface area (Å²) in [6, 6.07) is 0.826. The van der Waals surface area contributed by atoms with Crippen molar-refractivity contribution in [3.05, 3.63) is 18.7 Å². The van der Waals surface area contributed by atoms with E-state index in [0.29, 0.717) is 18.0 Å². The molecule has 0 bridgehead atoms. The van der Waals surface area contributed by atoms with Crippen LogP contribution in [0.3, 0.4) is 0 Å². The molecule has 2 atom stereocenters. The van der Waals surface area contributed by atoms with Gasteiger partial charge in [0.1, 0.15) is 12.4 Å². The lowest BCUT2D eigenvalue weighted by Crippen LogP contribution is -2.37. The van der Waals surface area contributed by atoms with Crippen LogP contribution in [0.1, 0.15) is 45.6 Å². The van der Waals surface area contributed by atoms with Crippen molar-refractivity contribution in [3.63, 3.8) is 0 Å². The van der Waals surface area contributed by atoms with Gasteiger partial charge in [0.05, 0.1) is 13.1 Å². The summed E-state index contributed by atoms with van der Waals surface area (Å²) in [4.78, 5) is 13.9. The summed E-state index contributed by atoms with van der Waals surface area (Å²) in [5, 5.41) is 0. The summed E-state index contributed by atoms with van der Waals surface area (Å²) in [6.07, 6.45) is 10.1. The van der Waals surface area contributed by atoms with Crippen LogP contribution in [0, 0.1) is 0 Å². The van der Waals surface area contributed by atoms with E-state index in [2.05, 4.69) is 46.6 Å². The first-order valence-electron chi connectivity index (χ1n) is 6.94.